The van der Waals surface area contributed by atoms with Crippen LogP contribution < -0.4 is 14.4 Å². The normalized spacial score (nSPS) is 16.5. The summed E-state index contributed by atoms with van der Waals surface area (Å²) < 4.78 is 91.2. The molecular formula is C21H22F4N2O6S. The van der Waals surface area contributed by atoms with E-state index < -0.39 is 63.4 Å². The zero-order valence-electron chi connectivity index (χ0n) is 18.3. The molecule has 2 N–H and O–H groups in total. The van der Waals surface area contributed by atoms with Crippen LogP contribution in [0.4, 0.5) is 33.7 Å². The number of anilines is 2. The lowest BCUT2D eigenvalue weighted by molar-refractivity contribution is -0.140. The zero-order chi connectivity index (χ0) is 25.5. The summed E-state index contributed by atoms with van der Waals surface area (Å²) in [6.45, 7) is 3.92. The molecule has 0 fully saturated rings. The summed E-state index contributed by atoms with van der Waals surface area (Å²) >= 11 is 0. The number of sulfonamides is 1. The fourth-order valence-corrected chi connectivity index (χ4v) is 4.67. The number of halogens is 4. The van der Waals surface area contributed by atoms with E-state index in [1.807, 2.05) is 0 Å². The molecule has 2 aromatic carbocycles. The van der Waals surface area contributed by atoms with Crippen LogP contribution in [-0.2, 0) is 20.9 Å². The standard InChI is InChI=1S/C21H22F4N2O6S/c1-20(2,3)33-19(29)26-12-4-7-18-17(8-12)27(10-13(11-28)32-18)34(30,31)14-5-6-16(22)15(9-14)21(23,24)25/h4-9,13,28H,10-11H2,1-3H3,(H,26,29)/t13-/m1/s1. The number of nitrogens with one attached hydrogen (secondary N) is 1. The van der Waals surface area contributed by atoms with Gasteiger partial charge in [0.05, 0.1) is 29.3 Å². The van der Waals surface area contributed by atoms with Crippen molar-refractivity contribution in [3.05, 3.63) is 47.8 Å². The first-order valence-corrected chi connectivity index (χ1v) is 11.4. The number of alkyl halides is 3. The Bertz CT molecular complexity index is 1190. The second-order valence-electron chi connectivity index (χ2n) is 8.41. The molecule has 0 spiro atoms. The second kappa shape index (κ2) is 8.95. The second-order valence-corrected chi connectivity index (χ2v) is 10.3. The number of hydrogen-bond acceptors (Lipinski definition) is 6. The number of rotatable bonds is 4. The number of amides is 1. The molecular weight excluding hydrogens is 484 g/mol. The topological polar surface area (TPSA) is 105 Å². The number of ether oxygens (including phenoxy) is 2. The Labute approximate surface area is 193 Å². The average molecular weight is 506 g/mol. The van der Waals surface area contributed by atoms with Crippen molar-refractivity contribution < 1.29 is 45.4 Å². The number of aliphatic hydroxyl groups is 1. The van der Waals surface area contributed by atoms with E-state index in [1.54, 1.807) is 20.8 Å². The molecule has 0 saturated carbocycles. The van der Waals surface area contributed by atoms with Gasteiger partial charge in [-0.1, -0.05) is 0 Å². The maximum Gasteiger partial charge on any atom is 0.419 e. The Kier molecular flexibility index (Phi) is 6.73. The SMILES string of the molecule is CC(C)(C)OC(=O)Nc1ccc2c(c1)N(S(=O)(=O)c1ccc(F)c(C(F)(F)F)c1)C[C@H](CO)O2. The van der Waals surface area contributed by atoms with Gasteiger partial charge in [0.1, 0.15) is 23.3 Å². The van der Waals surface area contributed by atoms with Gasteiger partial charge in [0.25, 0.3) is 10.0 Å². The number of benzene rings is 2. The molecule has 0 bridgehead atoms. The van der Waals surface area contributed by atoms with Crippen LogP contribution >= 0.6 is 0 Å². The average Bonchev–Trinajstić information content (AvgIpc) is 2.70. The molecule has 8 nitrogen and oxygen atoms in total. The van der Waals surface area contributed by atoms with Crippen molar-refractivity contribution in [2.24, 2.45) is 0 Å². The minimum atomic E-state index is -5.11. The van der Waals surface area contributed by atoms with Crippen LogP contribution in [0.2, 0.25) is 0 Å². The van der Waals surface area contributed by atoms with E-state index in [-0.39, 0.29) is 23.2 Å². The number of carbonyl (C=O) groups excluding carboxylic acids is 1. The number of fused-ring (bicyclic) bond motifs is 1. The minimum Gasteiger partial charge on any atom is -0.484 e. The molecule has 34 heavy (non-hydrogen) atoms. The van der Waals surface area contributed by atoms with Crippen LogP contribution in [-0.4, -0.2) is 44.5 Å². The Morgan fingerprint density at radius 2 is 1.88 bits per heavy atom. The van der Waals surface area contributed by atoms with Crippen molar-refractivity contribution in [2.45, 2.75) is 43.5 Å². The van der Waals surface area contributed by atoms with Gasteiger partial charge in [-0.2, -0.15) is 13.2 Å². The van der Waals surface area contributed by atoms with Crippen molar-refractivity contribution >= 4 is 27.5 Å². The van der Waals surface area contributed by atoms with Crippen molar-refractivity contribution in [1.29, 1.82) is 0 Å². The fourth-order valence-electron chi connectivity index (χ4n) is 3.14. The van der Waals surface area contributed by atoms with Crippen molar-refractivity contribution in [1.82, 2.24) is 0 Å². The maximum atomic E-state index is 13.7. The molecule has 1 aliphatic heterocycles. The molecule has 1 aliphatic rings. The smallest absolute Gasteiger partial charge is 0.419 e. The summed E-state index contributed by atoms with van der Waals surface area (Å²) in [5.74, 6) is -1.62. The van der Waals surface area contributed by atoms with Crippen molar-refractivity contribution in [3.8, 4) is 5.75 Å². The summed E-state index contributed by atoms with van der Waals surface area (Å²) in [6, 6.07) is 5.30. The van der Waals surface area contributed by atoms with E-state index in [2.05, 4.69) is 5.32 Å². The minimum absolute atomic E-state index is 0.00164. The van der Waals surface area contributed by atoms with Crippen LogP contribution in [0, 0.1) is 5.82 Å². The number of nitrogens with zero attached hydrogens (tertiary/aromatic N) is 1. The Morgan fingerprint density at radius 3 is 2.47 bits per heavy atom. The molecule has 1 heterocycles. The molecule has 1 atom stereocenters. The van der Waals surface area contributed by atoms with E-state index in [9.17, 15) is 35.9 Å². The van der Waals surface area contributed by atoms with Crippen LogP contribution in [0.5, 0.6) is 5.75 Å². The van der Waals surface area contributed by atoms with E-state index in [0.29, 0.717) is 12.1 Å². The van der Waals surface area contributed by atoms with Gasteiger partial charge in [-0.25, -0.2) is 17.6 Å². The van der Waals surface area contributed by atoms with Gasteiger partial charge in [-0.15, -0.1) is 0 Å². The molecule has 2 aromatic rings. The predicted molar refractivity (Wildman–Crippen MR) is 114 cm³/mol. The maximum absolute atomic E-state index is 13.7. The van der Waals surface area contributed by atoms with Gasteiger partial charge in [0, 0.05) is 5.69 Å². The highest BCUT2D eigenvalue weighted by molar-refractivity contribution is 7.92. The van der Waals surface area contributed by atoms with Gasteiger partial charge in [-0.05, 0) is 57.2 Å². The van der Waals surface area contributed by atoms with Gasteiger partial charge in [0.15, 0.2) is 0 Å². The number of aliphatic hydroxyl groups excluding tert-OH is 1. The van der Waals surface area contributed by atoms with Gasteiger partial charge in [-0.3, -0.25) is 9.62 Å². The highest BCUT2D eigenvalue weighted by Gasteiger charge is 2.38. The first-order chi connectivity index (χ1) is 15.6. The number of carbonyl (C=O) groups is 1. The fraction of sp³-hybridized carbons (Fsp3) is 0.381. The molecule has 0 aliphatic carbocycles. The van der Waals surface area contributed by atoms with Crippen molar-refractivity contribution in [3.63, 3.8) is 0 Å². The quantitative estimate of drug-likeness (QED) is 0.604. The lowest BCUT2D eigenvalue weighted by atomic mass is 10.2. The molecule has 186 valence electrons. The van der Waals surface area contributed by atoms with Crippen molar-refractivity contribution in [2.75, 3.05) is 22.8 Å². The largest absolute Gasteiger partial charge is 0.484 e. The summed E-state index contributed by atoms with van der Waals surface area (Å²) in [5.41, 5.74) is -2.52. The molecule has 1 amide bonds. The van der Waals surface area contributed by atoms with Crippen LogP contribution in [0.3, 0.4) is 0 Å². The first-order valence-electron chi connectivity index (χ1n) is 9.93. The molecule has 0 aromatic heterocycles. The van der Waals surface area contributed by atoms with Gasteiger partial charge >= 0.3 is 12.3 Å². The lowest BCUT2D eigenvalue weighted by Gasteiger charge is -2.35. The molecule has 13 heteroatoms. The summed E-state index contributed by atoms with van der Waals surface area (Å²) in [4.78, 5) is 11.3. The van der Waals surface area contributed by atoms with Gasteiger partial charge in [0.2, 0.25) is 0 Å². The first kappa shape index (κ1) is 25.6. The zero-order valence-corrected chi connectivity index (χ0v) is 19.1. The van der Waals surface area contributed by atoms with E-state index >= 15 is 0 Å². The third-order valence-corrected chi connectivity index (χ3v) is 6.35. The highest BCUT2D eigenvalue weighted by atomic mass is 32.2. The Balaban J connectivity index is 2.04. The molecule has 0 saturated heterocycles. The van der Waals surface area contributed by atoms with E-state index in [1.165, 1.54) is 18.2 Å². The molecule has 3 rings (SSSR count). The third kappa shape index (κ3) is 5.53. The summed E-state index contributed by atoms with van der Waals surface area (Å²) in [7, 11) is -4.66. The molecule has 0 radical (unpaired) electrons. The van der Waals surface area contributed by atoms with Crippen LogP contribution in [0.1, 0.15) is 26.3 Å². The van der Waals surface area contributed by atoms with E-state index in [4.69, 9.17) is 9.47 Å². The molecule has 0 unspecified atom stereocenters. The predicted octanol–water partition coefficient (Wildman–Crippen LogP) is 4.14. The Morgan fingerprint density at radius 1 is 1.21 bits per heavy atom. The third-order valence-electron chi connectivity index (χ3n) is 4.57. The van der Waals surface area contributed by atoms with Gasteiger partial charge < -0.3 is 14.6 Å². The van der Waals surface area contributed by atoms with Crippen LogP contribution in [0.15, 0.2) is 41.3 Å². The Hall–Kier alpha value is -3.06. The number of hydrogen-bond donors (Lipinski definition) is 2. The lowest BCUT2D eigenvalue weighted by Crippen LogP contribution is -2.45. The van der Waals surface area contributed by atoms with E-state index in [0.717, 1.165) is 4.31 Å². The summed E-state index contributed by atoms with van der Waals surface area (Å²) in [5, 5.41) is 12.0. The monoisotopic (exact) mass is 506 g/mol. The summed E-state index contributed by atoms with van der Waals surface area (Å²) in [6.07, 6.45) is -6.95. The van der Waals surface area contributed by atoms with Crippen LogP contribution in [0.25, 0.3) is 0 Å². The highest BCUT2D eigenvalue weighted by Crippen LogP contribution is 2.40.